The van der Waals surface area contributed by atoms with E-state index in [1.807, 2.05) is 30.3 Å². The molecular formula is C23H25N3O3. The van der Waals surface area contributed by atoms with Crippen molar-refractivity contribution in [1.29, 1.82) is 0 Å². The summed E-state index contributed by atoms with van der Waals surface area (Å²) in [6.45, 7) is 0.858. The largest absolute Gasteiger partial charge is 0.478 e. The summed E-state index contributed by atoms with van der Waals surface area (Å²) in [6.07, 6.45) is 4.92. The fourth-order valence-corrected chi connectivity index (χ4v) is 4.66. The summed E-state index contributed by atoms with van der Waals surface area (Å²) >= 11 is 0. The first-order valence-corrected chi connectivity index (χ1v) is 10.00. The summed E-state index contributed by atoms with van der Waals surface area (Å²) in [6, 6.07) is 15.0. The van der Waals surface area contributed by atoms with Gasteiger partial charge in [-0.2, -0.15) is 0 Å². The molecule has 4 rings (SSSR count). The van der Waals surface area contributed by atoms with Crippen molar-refractivity contribution in [3.63, 3.8) is 0 Å². The fourth-order valence-electron chi connectivity index (χ4n) is 4.66. The van der Waals surface area contributed by atoms with Crippen LogP contribution in [-0.4, -0.2) is 29.7 Å². The van der Waals surface area contributed by atoms with E-state index < -0.39 is 11.4 Å². The Balaban J connectivity index is 1.50. The zero-order valence-corrected chi connectivity index (χ0v) is 16.2. The number of hydrogen-bond acceptors (Lipinski definition) is 4. The number of aromatic carboxylic acids is 1. The monoisotopic (exact) mass is 391 g/mol. The fraction of sp³-hybridized carbons (Fsp3) is 0.348. The van der Waals surface area contributed by atoms with Gasteiger partial charge in [0.25, 0.3) is 0 Å². The molecule has 6 heteroatoms. The van der Waals surface area contributed by atoms with Gasteiger partial charge < -0.3 is 16.2 Å². The Morgan fingerprint density at radius 2 is 1.86 bits per heavy atom. The van der Waals surface area contributed by atoms with E-state index in [0.29, 0.717) is 18.8 Å². The average Bonchev–Trinajstić information content (AvgIpc) is 3.17. The molecule has 2 aliphatic rings. The van der Waals surface area contributed by atoms with Crippen molar-refractivity contribution >= 4 is 29.5 Å². The number of nitrogens with two attached hydrogens (primary N) is 1. The minimum atomic E-state index is -0.984. The summed E-state index contributed by atoms with van der Waals surface area (Å²) in [5.41, 5.74) is 8.03. The molecule has 2 aromatic carbocycles. The molecule has 1 heterocycles. The van der Waals surface area contributed by atoms with Crippen molar-refractivity contribution in [2.45, 2.75) is 31.6 Å². The number of nitrogens with one attached hydrogen (secondary N) is 1. The van der Waals surface area contributed by atoms with Crippen LogP contribution < -0.4 is 11.1 Å². The quantitative estimate of drug-likeness (QED) is 0.693. The molecular weight excluding hydrogens is 366 g/mol. The van der Waals surface area contributed by atoms with Crippen LogP contribution in [0, 0.1) is 11.3 Å². The second kappa shape index (κ2) is 7.70. The van der Waals surface area contributed by atoms with Gasteiger partial charge in [-0.1, -0.05) is 18.2 Å². The Morgan fingerprint density at radius 3 is 2.52 bits per heavy atom. The predicted octanol–water partition coefficient (Wildman–Crippen LogP) is 3.96. The van der Waals surface area contributed by atoms with Gasteiger partial charge in [0, 0.05) is 24.4 Å². The lowest BCUT2D eigenvalue weighted by atomic mass is 9.62. The van der Waals surface area contributed by atoms with Gasteiger partial charge in [0.05, 0.1) is 16.7 Å². The zero-order chi connectivity index (χ0) is 20.4. The van der Waals surface area contributed by atoms with E-state index in [1.165, 1.54) is 0 Å². The van der Waals surface area contributed by atoms with Gasteiger partial charge in [0.15, 0.2) is 0 Å². The van der Waals surface area contributed by atoms with Crippen LogP contribution in [0.5, 0.6) is 0 Å². The van der Waals surface area contributed by atoms with Crippen LogP contribution in [-0.2, 0) is 4.79 Å². The normalized spacial score (nSPS) is 25.4. The maximum absolute atomic E-state index is 12.6. The number of fused-ring (bicyclic) bond motifs is 1. The van der Waals surface area contributed by atoms with Gasteiger partial charge >= 0.3 is 5.97 Å². The Labute approximate surface area is 169 Å². The zero-order valence-electron chi connectivity index (χ0n) is 16.2. The number of nitrogens with zero attached hydrogens (tertiary/aromatic N) is 1. The molecule has 29 heavy (non-hydrogen) atoms. The van der Waals surface area contributed by atoms with Gasteiger partial charge in [0.2, 0.25) is 5.91 Å². The predicted molar refractivity (Wildman–Crippen MR) is 113 cm³/mol. The van der Waals surface area contributed by atoms with Crippen molar-refractivity contribution in [3.8, 4) is 0 Å². The molecule has 0 spiro atoms. The summed E-state index contributed by atoms with van der Waals surface area (Å²) in [4.78, 5) is 28.4. The number of carbonyl (C=O) groups excluding carboxylic acids is 1. The highest BCUT2D eigenvalue weighted by atomic mass is 16.4. The van der Waals surface area contributed by atoms with Crippen LogP contribution in [0.3, 0.4) is 0 Å². The number of para-hydroxylation sites is 1. The molecule has 1 atom stereocenters. The summed E-state index contributed by atoms with van der Waals surface area (Å²) in [5, 5.41) is 12.8. The van der Waals surface area contributed by atoms with Crippen LogP contribution in [0.4, 0.5) is 11.4 Å². The van der Waals surface area contributed by atoms with E-state index in [-0.39, 0.29) is 17.4 Å². The first-order chi connectivity index (χ1) is 14.0. The van der Waals surface area contributed by atoms with E-state index >= 15 is 0 Å². The molecule has 1 amide bonds. The molecule has 2 aromatic rings. The first kappa shape index (κ1) is 19.2. The highest BCUT2D eigenvalue weighted by molar-refractivity contribution is 5.94. The molecule has 1 aliphatic carbocycles. The number of benzene rings is 2. The van der Waals surface area contributed by atoms with Gasteiger partial charge in [-0.25, -0.2) is 4.79 Å². The number of anilines is 1. The number of carboxylic acid groups (broad SMARTS) is 1. The maximum Gasteiger partial charge on any atom is 0.335 e. The number of amides is 1. The third kappa shape index (κ3) is 3.62. The Bertz CT molecular complexity index is 947. The summed E-state index contributed by atoms with van der Waals surface area (Å²) in [5.74, 6) is -1.11. The highest BCUT2D eigenvalue weighted by Gasteiger charge is 2.48. The van der Waals surface area contributed by atoms with E-state index in [1.54, 1.807) is 24.4 Å². The van der Waals surface area contributed by atoms with Gasteiger partial charge in [0.1, 0.15) is 0 Å². The third-order valence-corrected chi connectivity index (χ3v) is 6.42. The van der Waals surface area contributed by atoms with Crippen molar-refractivity contribution in [1.82, 2.24) is 0 Å². The number of carboxylic acids is 1. The Hall–Kier alpha value is -3.15. The third-order valence-electron chi connectivity index (χ3n) is 6.42. The van der Waals surface area contributed by atoms with E-state index in [4.69, 9.17) is 5.73 Å². The lowest BCUT2D eigenvalue weighted by Crippen LogP contribution is -2.45. The van der Waals surface area contributed by atoms with Crippen molar-refractivity contribution in [2.24, 2.45) is 22.1 Å². The number of hydrogen-bond donors (Lipinski definition) is 3. The summed E-state index contributed by atoms with van der Waals surface area (Å²) in [7, 11) is 0. The van der Waals surface area contributed by atoms with E-state index in [2.05, 4.69) is 10.3 Å². The van der Waals surface area contributed by atoms with Crippen molar-refractivity contribution in [3.05, 3.63) is 59.7 Å². The molecule has 6 nitrogen and oxygen atoms in total. The first-order valence-electron chi connectivity index (χ1n) is 10.00. The summed E-state index contributed by atoms with van der Waals surface area (Å²) < 4.78 is 0. The molecule has 1 saturated carbocycles. The lowest BCUT2D eigenvalue weighted by Gasteiger charge is -2.41. The number of carbonyl (C=O) groups is 2. The van der Waals surface area contributed by atoms with Crippen molar-refractivity contribution < 1.29 is 14.7 Å². The second-order valence-corrected chi connectivity index (χ2v) is 8.05. The topological polar surface area (TPSA) is 105 Å². The molecule has 0 radical (unpaired) electrons. The minimum Gasteiger partial charge on any atom is -0.478 e. The van der Waals surface area contributed by atoms with Gasteiger partial charge in [-0.15, -0.1) is 0 Å². The number of rotatable bonds is 6. The molecule has 1 unspecified atom stereocenters. The highest BCUT2D eigenvalue weighted by Crippen LogP contribution is 2.52. The average molecular weight is 391 g/mol. The molecule has 0 bridgehead atoms. The van der Waals surface area contributed by atoms with Crippen molar-refractivity contribution in [2.75, 3.05) is 11.9 Å². The smallest absolute Gasteiger partial charge is 0.335 e. The SMILES string of the molecule is NC(=O)C1(C2C=Nc3ccc(C(=O)O)cc32)CCC(CNc2ccccc2)CC1. The molecule has 1 fully saturated rings. The van der Waals surface area contributed by atoms with Crippen LogP contribution in [0.15, 0.2) is 53.5 Å². The lowest BCUT2D eigenvalue weighted by molar-refractivity contribution is -0.130. The molecule has 1 aliphatic heterocycles. The van der Waals surface area contributed by atoms with E-state index in [9.17, 15) is 14.7 Å². The second-order valence-electron chi connectivity index (χ2n) is 8.05. The maximum atomic E-state index is 12.6. The standard InChI is InChI=1S/C23H25N3O3/c24-22(29)23(19-14-26-20-7-6-16(21(27)28)12-18(19)20)10-8-15(9-11-23)13-25-17-4-2-1-3-5-17/h1-7,12,14-15,19,25H,8-11,13H2,(H2,24,29)(H,27,28). The van der Waals surface area contributed by atoms with Gasteiger partial charge in [-0.3, -0.25) is 9.79 Å². The minimum absolute atomic E-state index is 0.208. The Morgan fingerprint density at radius 1 is 1.14 bits per heavy atom. The molecule has 0 saturated heterocycles. The molecule has 0 aromatic heterocycles. The number of primary amides is 1. The van der Waals surface area contributed by atoms with E-state index in [0.717, 1.165) is 36.3 Å². The molecule has 4 N–H and O–H groups in total. The number of aliphatic imine (C=N–C) groups is 1. The van der Waals surface area contributed by atoms with Crippen LogP contribution in [0.1, 0.15) is 47.5 Å². The van der Waals surface area contributed by atoms with Gasteiger partial charge in [-0.05, 0) is 67.5 Å². The Kier molecular flexibility index (Phi) is 5.09. The van der Waals surface area contributed by atoms with Crippen LogP contribution >= 0.6 is 0 Å². The van der Waals surface area contributed by atoms with Crippen LogP contribution in [0.2, 0.25) is 0 Å². The molecule has 150 valence electrons. The van der Waals surface area contributed by atoms with Crippen LogP contribution in [0.25, 0.3) is 0 Å².